The van der Waals surface area contributed by atoms with Crippen LogP contribution in [0.15, 0.2) is 36.1 Å². The Morgan fingerprint density at radius 1 is 1.48 bits per heavy atom. The van der Waals surface area contributed by atoms with E-state index in [0.717, 1.165) is 0 Å². The molecule has 1 rings (SSSR count). The molecule has 0 aliphatic rings. The molecule has 0 atom stereocenters. The predicted molar refractivity (Wildman–Crippen MR) is 78.2 cm³/mol. The summed E-state index contributed by atoms with van der Waals surface area (Å²) in [7, 11) is 0. The smallest absolute Gasteiger partial charge is 0.243 e. The van der Waals surface area contributed by atoms with Gasteiger partial charge in [-0.25, -0.2) is 0 Å². The summed E-state index contributed by atoms with van der Waals surface area (Å²) in [6.45, 7) is 3.92. The number of nitrogens with zero attached hydrogens (tertiary/aromatic N) is 4. The van der Waals surface area contributed by atoms with E-state index in [1.807, 2.05) is 0 Å². The zero-order chi connectivity index (χ0) is 15.5. The van der Waals surface area contributed by atoms with Gasteiger partial charge < -0.3 is 10.6 Å². The second-order valence-electron chi connectivity index (χ2n) is 4.07. The minimum Gasteiger partial charge on any atom is -0.353 e. The Labute approximate surface area is 121 Å². The van der Waals surface area contributed by atoms with Crippen molar-refractivity contribution in [1.82, 2.24) is 10.3 Å². The first-order valence-electron chi connectivity index (χ1n) is 6.31. The lowest BCUT2D eigenvalue weighted by Crippen LogP contribution is -2.23. The molecule has 8 nitrogen and oxygen atoms in total. The molecular formula is C13H16N6O2. The first-order chi connectivity index (χ1) is 10.2. The number of aromatic nitrogens is 1. The van der Waals surface area contributed by atoms with Crippen molar-refractivity contribution in [1.29, 1.82) is 0 Å². The van der Waals surface area contributed by atoms with Crippen molar-refractivity contribution in [3.05, 3.63) is 47.1 Å². The summed E-state index contributed by atoms with van der Waals surface area (Å²) in [5, 5.41) is 8.67. The second kappa shape index (κ2) is 9.11. The Hall–Kier alpha value is -2.86. The fourth-order valence-electron chi connectivity index (χ4n) is 1.45. The molecular weight excluding hydrogens is 272 g/mol. The maximum Gasteiger partial charge on any atom is 0.243 e. The third-order valence-corrected chi connectivity index (χ3v) is 2.47. The van der Waals surface area contributed by atoms with Crippen LogP contribution in [0.1, 0.15) is 18.5 Å². The van der Waals surface area contributed by atoms with Crippen LogP contribution >= 0.6 is 0 Å². The van der Waals surface area contributed by atoms with Crippen LogP contribution in [-0.4, -0.2) is 23.3 Å². The van der Waals surface area contributed by atoms with E-state index in [-0.39, 0.29) is 24.8 Å². The zero-order valence-corrected chi connectivity index (χ0v) is 11.5. The number of hydrogen-bond donors (Lipinski definition) is 2. The maximum absolute atomic E-state index is 11.6. The molecule has 0 fully saturated rings. The largest absolute Gasteiger partial charge is 0.353 e. The molecule has 0 saturated heterocycles. The van der Waals surface area contributed by atoms with Gasteiger partial charge in [0, 0.05) is 23.6 Å². The number of hydrogen-bond acceptors (Lipinski definition) is 4. The van der Waals surface area contributed by atoms with E-state index < -0.39 is 0 Å². The lowest BCUT2D eigenvalue weighted by Gasteiger charge is -2.05. The van der Waals surface area contributed by atoms with Gasteiger partial charge in [0.1, 0.15) is 0 Å². The predicted octanol–water partition coefficient (Wildman–Crippen LogP) is 1.91. The van der Waals surface area contributed by atoms with Gasteiger partial charge in [0.05, 0.1) is 18.4 Å². The minimum atomic E-state index is -0.254. The number of rotatable bonds is 8. The van der Waals surface area contributed by atoms with Gasteiger partial charge in [0.2, 0.25) is 11.8 Å². The van der Waals surface area contributed by atoms with Crippen LogP contribution in [0.2, 0.25) is 0 Å². The second-order valence-corrected chi connectivity index (χ2v) is 4.07. The summed E-state index contributed by atoms with van der Waals surface area (Å²) in [5.74, 6) is -0.414. The number of carbonyl (C=O) groups is 2. The number of nitrogens with one attached hydrogen (secondary N) is 2. The summed E-state index contributed by atoms with van der Waals surface area (Å²) < 4.78 is 0. The van der Waals surface area contributed by atoms with Crippen LogP contribution in [0.5, 0.6) is 0 Å². The summed E-state index contributed by atoms with van der Waals surface area (Å²) in [4.78, 5) is 29.2. The average molecular weight is 288 g/mol. The summed E-state index contributed by atoms with van der Waals surface area (Å²) in [6.07, 6.45) is 3.51. The summed E-state index contributed by atoms with van der Waals surface area (Å²) in [6, 6.07) is 3.36. The highest BCUT2D eigenvalue weighted by Gasteiger charge is 2.03. The SMILES string of the molecule is C=CC(=O)NCCCC(=O)Nc1ccc(CN=[N+]=[N-])nc1. The lowest BCUT2D eigenvalue weighted by atomic mass is 10.2. The zero-order valence-electron chi connectivity index (χ0n) is 11.5. The molecule has 0 aliphatic heterocycles. The number of pyridine rings is 1. The van der Waals surface area contributed by atoms with Crippen molar-refractivity contribution in [2.75, 3.05) is 11.9 Å². The Morgan fingerprint density at radius 2 is 2.29 bits per heavy atom. The monoisotopic (exact) mass is 288 g/mol. The van der Waals surface area contributed by atoms with Crippen LogP contribution in [0.4, 0.5) is 5.69 Å². The molecule has 0 saturated carbocycles. The molecule has 8 heteroatoms. The van der Waals surface area contributed by atoms with Crippen molar-refractivity contribution >= 4 is 17.5 Å². The van der Waals surface area contributed by atoms with Crippen molar-refractivity contribution in [2.45, 2.75) is 19.4 Å². The Morgan fingerprint density at radius 3 is 2.90 bits per heavy atom. The van der Waals surface area contributed by atoms with Gasteiger partial charge in [-0.1, -0.05) is 11.7 Å². The van der Waals surface area contributed by atoms with E-state index >= 15 is 0 Å². The van der Waals surface area contributed by atoms with Gasteiger partial charge in [-0.3, -0.25) is 14.6 Å². The Bertz CT molecular complexity index is 548. The highest BCUT2D eigenvalue weighted by molar-refractivity contribution is 5.90. The molecule has 0 aliphatic carbocycles. The third-order valence-electron chi connectivity index (χ3n) is 2.47. The molecule has 2 N–H and O–H groups in total. The number of anilines is 1. The van der Waals surface area contributed by atoms with Crippen LogP contribution < -0.4 is 10.6 Å². The van der Waals surface area contributed by atoms with Gasteiger partial charge >= 0.3 is 0 Å². The Kier molecular flexibility index (Phi) is 7.02. The van der Waals surface area contributed by atoms with E-state index in [1.54, 1.807) is 12.1 Å². The van der Waals surface area contributed by atoms with E-state index in [2.05, 4.69) is 32.2 Å². The van der Waals surface area contributed by atoms with Crippen LogP contribution in [0.25, 0.3) is 10.4 Å². The average Bonchev–Trinajstić information content (AvgIpc) is 2.50. The molecule has 0 radical (unpaired) electrons. The van der Waals surface area contributed by atoms with Gasteiger partial charge in [-0.2, -0.15) is 0 Å². The van der Waals surface area contributed by atoms with Gasteiger partial charge in [0.25, 0.3) is 0 Å². The number of azide groups is 1. The quantitative estimate of drug-likeness (QED) is 0.250. The van der Waals surface area contributed by atoms with E-state index in [9.17, 15) is 9.59 Å². The molecule has 110 valence electrons. The molecule has 0 spiro atoms. The molecule has 1 heterocycles. The fraction of sp³-hybridized carbons (Fsp3) is 0.308. The summed E-state index contributed by atoms with van der Waals surface area (Å²) in [5.41, 5.74) is 9.39. The van der Waals surface area contributed by atoms with Crippen LogP contribution in [0, 0.1) is 0 Å². The summed E-state index contributed by atoms with van der Waals surface area (Å²) >= 11 is 0. The van der Waals surface area contributed by atoms with E-state index in [1.165, 1.54) is 12.3 Å². The van der Waals surface area contributed by atoms with E-state index in [0.29, 0.717) is 24.3 Å². The molecule has 0 aromatic carbocycles. The number of amides is 2. The highest BCUT2D eigenvalue weighted by Crippen LogP contribution is 2.08. The van der Waals surface area contributed by atoms with Crippen LogP contribution in [-0.2, 0) is 16.1 Å². The Balaban J connectivity index is 2.32. The van der Waals surface area contributed by atoms with Crippen molar-refractivity contribution in [2.24, 2.45) is 5.11 Å². The first-order valence-corrected chi connectivity index (χ1v) is 6.31. The highest BCUT2D eigenvalue weighted by atomic mass is 16.2. The normalized spacial score (nSPS) is 9.33. The fourth-order valence-corrected chi connectivity index (χ4v) is 1.45. The molecule has 1 aromatic heterocycles. The third kappa shape index (κ3) is 6.74. The minimum absolute atomic E-state index is 0.160. The standard InChI is InChI=1S/C13H16N6O2/c1-2-12(20)15-7-3-4-13(21)18-11-6-5-10(16-8-11)9-17-19-14/h2,5-6,8H,1,3-4,7,9H2,(H,15,20)(H,18,21). The molecule has 0 unspecified atom stereocenters. The van der Waals surface area contributed by atoms with Gasteiger partial charge in [-0.15, -0.1) is 0 Å². The molecule has 1 aromatic rings. The molecule has 21 heavy (non-hydrogen) atoms. The molecule has 0 bridgehead atoms. The van der Waals surface area contributed by atoms with Crippen molar-refractivity contribution < 1.29 is 9.59 Å². The topological polar surface area (TPSA) is 120 Å². The van der Waals surface area contributed by atoms with Gasteiger partial charge in [0.15, 0.2) is 0 Å². The van der Waals surface area contributed by atoms with Crippen molar-refractivity contribution in [3.63, 3.8) is 0 Å². The van der Waals surface area contributed by atoms with Gasteiger partial charge in [-0.05, 0) is 30.2 Å². The van der Waals surface area contributed by atoms with Crippen molar-refractivity contribution in [3.8, 4) is 0 Å². The number of carbonyl (C=O) groups excluding carboxylic acids is 2. The molecule has 2 amide bonds. The maximum atomic E-state index is 11.6. The van der Waals surface area contributed by atoms with Crippen LogP contribution in [0.3, 0.4) is 0 Å². The first kappa shape index (κ1) is 16.2. The van der Waals surface area contributed by atoms with E-state index in [4.69, 9.17) is 5.53 Å². The lowest BCUT2D eigenvalue weighted by molar-refractivity contribution is -0.118.